The van der Waals surface area contributed by atoms with Crippen LogP contribution in [-0.2, 0) is 16.1 Å². The monoisotopic (exact) mass is 355 g/mol. The minimum atomic E-state index is -1.12. The van der Waals surface area contributed by atoms with Crippen molar-refractivity contribution in [3.63, 3.8) is 0 Å². The van der Waals surface area contributed by atoms with Crippen molar-refractivity contribution in [1.82, 2.24) is 0 Å². The van der Waals surface area contributed by atoms with Crippen molar-refractivity contribution in [2.24, 2.45) is 0 Å². The number of fused-ring (bicyclic) bond motifs is 1. The summed E-state index contributed by atoms with van der Waals surface area (Å²) in [5.41, 5.74) is 2.39. The van der Waals surface area contributed by atoms with Gasteiger partial charge < -0.3 is 19.8 Å². The van der Waals surface area contributed by atoms with Crippen LogP contribution in [0.25, 0.3) is 0 Å². The predicted octanol–water partition coefficient (Wildman–Crippen LogP) is 2.46. The van der Waals surface area contributed by atoms with Crippen LogP contribution in [0.4, 0.5) is 5.69 Å². The number of rotatable bonds is 5. The highest BCUT2D eigenvalue weighted by Gasteiger charge is 2.35. The topological polar surface area (TPSA) is 104 Å². The van der Waals surface area contributed by atoms with E-state index in [1.807, 2.05) is 13.0 Å². The quantitative estimate of drug-likeness (QED) is 0.854. The first-order valence-electron chi connectivity index (χ1n) is 7.98. The smallest absolute Gasteiger partial charge is 0.335 e. The number of aliphatic carboxylic acids is 1. The van der Waals surface area contributed by atoms with E-state index in [0.29, 0.717) is 11.4 Å². The van der Waals surface area contributed by atoms with E-state index in [0.717, 1.165) is 11.1 Å². The number of nitrogens with zero attached hydrogens (tertiary/aromatic N) is 1. The lowest BCUT2D eigenvalue weighted by Crippen LogP contribution is -2.46. The van der Waals surface area contributed by atoms with Crippen LogP contribution in [0.1, 0.15) is 27.9 Å². The van der Waals surface area contributed by atoms with Crippen molar-refractivity contribution in [3.05, 3.63) is 59.2 Å². The molecular weight excluding hydrogens is 338 g/mol. The van der Waals surface area contributed by atoms with Crippen LogP contribution in [-0.4, -0.2) is 34.2 Å². The van der Waals surface area contributed by atoms with Gasteiger partial charge in [-0.3, -0.25) is 9.59 Å². The summed E-state index contributed by atoms with van der Waals surface area (Å²) in [5, 5.41) is 18.0. The SMILES string of the molecule is Cc1ccc2c(c1)N(Cc1ccc(C(=O)O)cc1)C(=O)C(CC(=O)O)O2. The third-order valence-corrected chi connectivity index (χ3v) is 4.12. The maximum absolute atomic E-state index is 12.8. The zero-order valence-corrected chi connectivity index (χ0v) is 14.0. The normalized spacial score (nSPS) is 16.0. The summed E-state index contributed by atoms with van der Waals surface area (Å²) in [6.07, 6.45) is -1.53. The van der Waals surface area contributed by atoms with Crippen molar-refractivity contribution in [1.29, 1.82) is 0 Å². The number of carbonyl (C=O) groups is 3. The van der Waals surface area contributed by atoms with Gasteiger partial charge in [-0.1, -0.05) is 18.2 Å². The Morgan fingerprint density at radius 2 is 1.81 bits per heavy atom. The average Bonchev–Trinajstić information content (AvgIpc) is 2.59. The number of aromatic carboxylic acids is 1. The maximum atomic E-state index is 12.8. The van der Waals surface area contributed by atoms with Crippen molar-refractivity contribution < 1.29 is 29.3 Å². The summed E-state index contributed by atoms with van der Waals surface area (Å²) in [5.74, 6) is -2.14. The van der Waals surface area contributed by atoms with Crippen LogP contribution in [0.2, 0.25) is 0 Å². The number of benzene rings is 2. The fraction of sp³-hybridized carbons (Fsp3) is 0.211. The van der Waals surface area contributed by atoms with Crippen LogP contribution in [0.3, 0.4) is 0 Å². The number of hydrogen-bond donors (Lipinski definition) is 2. The molecule has 1 aliphatic heterocycles. The van der Waals surface area contributed by atoms with Crippen molar-refractivity contribution in [3.8, 4) is 5.75 Å². The van der Waals surface area contributed by atoms with Crippen LogP contribution in [0.5, 0.6) is 5.75 Å². The molecule has 0 aliphatic carbocycles. The fourth-order valence-corrected chi connectivity index (χ4v) is 2.82. The molecule has 1 aliphatic rings. The minimum absolute atomic E-state index is 0.155. The van der Waals surface area contributed by atoms with Gasteiger partial charge in [-0.25, -0.2) is 4.79 Å². The molecule has 2 aromatic carbocycles. The molecule has 0 radical (unpaired) electrons. The van der Waals surface area contributed by atoms with E-state index in [-0.39, 0.29) is 12.1 Å². The average molecular weight is 355 g/mol. The molecule has 1 amide bonds. The molecule has 0 bridgehead atoms. The summed E-state index contributed by atoms with van der Waals surface area (Å²) >= 11 is 0. The first-order valence-corrected chi connectivity index (χ1v) is 7.98. The Hall–Kier alpha value is -3.35. The number of carbonyl (C=O) groups excluding carboxylic acids is 1. The Balaban J connectivity index is 1.94. The zero-order chi connectivity index (χ0) is 18.8. The van der Waals surface area contributed by atoms with Crippen molar-refractivity contribution in [2.75, 3.05) is 4.90 Å². The summed E-state index contributed by atoms with van der Waals surface area (Å²) < 4.78 is 5.58. The predicted molar refractivity (Wildman–Crippen MR) is 92.4 cm³/mol. The van der Waals surface area contributed by atoms with E-state index in [2.05, 4.69) is 0 Å². The lowest BCUT2D eigenvalue weighted by atomic mass is 10.1. The highest BCUT2D eigenvalue weighted by Crippen LogP contribution is 2.36. The molecule has 1 atom stereocenters. The molecule has 3 rings (SSSR count). The van der Waals surface area contributed by atoms with Crippen LogP contribution in [0.15, 0.2) is 42.5 Å². The molecule has 2 N–H and O–H groups in total. The number of carboxylic acids is 2. The first-order chi connectivity index (χ1) is 12.3. The zero-order valence-electron chi connectivity index (χ0n) is 14.0. The van der Waals surface area contributed by atoms with Crippen molar-refractivity contribution >= 4 is 23.5 Å². The Labute approximate surface area is 149 Å². The highest BCUT2D eigenvalue weighted by molar-refractivity contribution is 6.01. The van der Waals surface area contributed by atoms with Gasteiger partial charge in [-0.2, -0.15) is 0 Å². The molecule has 0 saturated carbocycles. The van der Waals surface area contributed by atoms with Crippen molar-refractivity contribution in [2.45, 2.75) is 26.0 Å². The summed E-state index contributed by atoms with van der Waals surface area (Å²) in [6, 6.07) is 11.5. The van der Waals surface area contributed by atoms with Gasteiger partial charge in [0.1, 0.15) is 5.75 Å². The minimum Gasteiger partial charge on any atom is -0.481 e. The number of ether oxygens (including phenoxy) is 1. The Morgan fingerprint density at radius 3 is 2.42 bits per heavy atom. The molecule has 7 heteroatoms. The standard InChI is InChI=1S/C19H17NO6/c1-11-2-7-15-14(8-11)20(18(23)16(26-15)9-17(21)22)10-12-3-5-13(6-4-12)19(24)25/h2-8,16H,9-10H2,1H3,(H,21,22)(H,24,25). The van der Waals surface area contributed by atoms with E-state index in [4.69, 9.17) is 14.9 Å². The van der Waals surface area contributed by atoms with E-state index < -0.39 is 30.4 Å². The number of hydrogen-bond acceptors (Lipinski definition) is 4. The molecule has 1 unspecified atom stereocenters. The number of carboxylic acid groups (broad SMARTS) is 2. The van der Waals surface area contributed by atoms with Gasteiger partial charge in [-0.05, 0) is 42.3 Å². The molecule has 0 aromatic heterocycles. The molecule has 134 valence electrons. The molecule has 0 spiro atoms. The van der Waals surface area contributed by atoms with Gasteiger partial charge >= 0.3 is 11.9 Å². The maximum Gasteiger partial charge on any atom is 0.335 e. The lowest BCUT2D eigenvalue weighted by Gasteiger charge is -2.34. The van der Waals surface area contributed by atoms with Gasteiger partial charge in [0, 0.05) is 0 Å². The first kappa shape index (κ1) is 17.5. The van der Waals surface area contributed by atoms with Gasteiger partial charge in [0.15, 0.2) is 6.10 Å². The third-order valence-electron chi connectivity index (χ3n) is 4.12. The number of anilines is 1. The second-order valence-electron chi connectivity index (χ2n) is 6.10. The molecule has 0 fully saturated rings. The highest BCUT2D eigenvalue weighted by atomic mass is 16.5. The molecule has 26 heavy (non-hydrogen) atoms. The third kappa shape index (κ3) is 3.51. The molecule has 2 aromatic rings. The number of aryl methyl sites for hydroxylation is 1. The molecular formula is C19H17NO6. The second-order valence-corrected chi connectivity index (χ2v) is 6.10. The van der Waals surface area contributed by atoms with Gasteiger partial charge in [-0.15, -0.1) is 0 Å². The summed E-state index contributed by atoms with van der Waals surface area (Å²) in [7, 11) is 0. The lowest BCUT2D eigenvalue weighted by molar-refractivity contribution is -0.142. The Morgan fingerprint density at radius 1 is 1.12 bits per heavy atom. The van der Waals surface area contributed by atoms with Gasteiger partial charge in [0.2, 0.25) is 0 Å². The number of amides is 1. The van der Waals surface area contributed by atoms with Crippen LogP contribution < -0.4 is 9.64 Å². The Kier molecular flexibility index (Phi) is 4.62. The summed E-state index contributed by atoms with van der Waals surface area (Å²) in [6.45, 7) is 2.07. The van der Waals surface area contributed by atoms with Gasteiger partial charge in [0.05, 0.1) is 24.2 Å². The largest absolute Gasteiger partial charge is 0.481 e. The molecule has 0 saturated heterocycles. The Bertz CT molecular complexity index is 874. The van der Waals surface area contributed by atoms with E-state index in [9.17, 15) is 14.4 Å². The molecule has 7 nitrogen and oxygen atoms in total. The van der Waals surface area contributed by atoms with Crippen LogP contribution in [0, 0.1) is 6.92 Å². The van der Waals surface area contributed by atoms with E-state index >= 15 is 0 Å². The van der Waals surface area contributed by atoms with E-state index in [1.54, 1.807) is 24.3 Å². The summed E-state index contributed by atoms with van der Waals surface area (Å²) in [4.78, 5) is 36.2. The second kappa shape index (κ2) is 6.87. The fourth-order valence-electron chi connectivity index (χ4n) is 2.82. The van der Waals surface area contributed by atoms with Crippen LogP contribution >= 0.6 is 0 Å². The van der Waals surface area contributed by atoms with Gasteiger partial charge in [0.25, 0.3) is 5.91 Å². The molecule has 1 heterocycles. The van der Waals surface area contributed by atoms with E-state index in [1.165, 1.54) is 17.0 Å².